The molecule has 2 N–H and O–H groups in total. The highest BCUT2D eigenvalue weighted by molar-refractivity contribution is 5.85. The minimum atomic E-state index is -1.08. The van der Waals surface area contributed by atoms with E-state index in [1.54, 1.807) is 31.4 Å². The zero-order valence-electron chi connectivity index (χ0n) is 13.5. The number of ether oxygens (including phenoxy) is 2. The highest BCUT2D eigenvalue weighted by Crippen LogP contribution is 2.25. The van der Waals surface area contributed by atoms with E-state index in [0.29, 0.717) is 24.5 Å². The summed E-state index contributed by atoms with van der Waals surface area (Å²) in [5.74, 6) is -0.685. The van der Waals surface area contributed by atoms with E-state index >= 15 is 0 Å². The second-order valence-electron chi connectivity index (χ2n) is 5.79. The summed E-state index contributed by atoms with van der Waals surface area (Å²) in [6, 6.07) is 5.60. The standard InChI is InChI=1S/C17H23NO5/c1-11(12-7-9-23-10-8-12)16(19)18-15(17(20)21)13-3-5-14(22-2)6-4-13/h3-6,11-12,15H,7-10H2,1-2H3,(H,18,19)(H,20,21). The number of carbonyl (C=O) groups is 2. The molecular weight excluding hydrogens is 298 g/mol. The molecule has 2 rings (SSSR count). The Morgan fingerprint density at radius 3 is 2.39 bits per heavy atom. The first kappa shape index (κ1) is 17.3. The van der Waals surface area contributed by atoms with E-state index in [-0.39, 0.29) is 17.7 Å². The van der Waals surface area contributed by atoms with E-state index in [1.807, 2.05) is 6.92 Å². The second-order valence-corrected chi connectivity index (χ2v) is 5.79. The lowest BCUT2D eigenvalue weighted by Crippen LogP contribution is -2.40. The number of carboxylic acids is 1. The van der Waals surface area contributed by atoms with Crippen LogP contribution in [-0.2, 0) is 14.3 Å². The molecule has 1 amide bonds. The molecule has 1 fully saturated rings. The van der Waals surface area contributed by atoms with Gasteiger partial charge in [-0.15, -0.1) is 0 Å². The quantitative estimate of drug-likeness (QED) is 0.837. The fourth-order valence-corrected chi connectivity index (χ4v) is 2.79. The van der Waals surface area contributed by atoms with Crippen LogP contribution in [0.5, 0.6) is 5.75 Å². The van der Waals surface area contributed by atoms with Gasteiger partial charge in [0.15, 0.2) is 6.04 Å². The predicted octanol–water partition coefficient (Wildman–Crippen LogP) is 2.00. The molecule has 0 radical (unpaired) electrons. The molecule has 2 atom stereocenters. The molecule has 126 valence electrons. The minimum absolute atomic E-state index is 0.231. The average Bonchev–Trinajstić information content (AvgIpc) is 2.59. The topological polar surface area (TPSA) is 84.9 Å². The highest BCUT2D eigenvalue weighted by atomic mass is 16.5. The number of amides is 1. The zero-order chi connectivity index (χ0) is 16.8. The maximum atomic E-state index is 12.4. The number of carboxylic acid groups (broad SMARTS) is 1. The summed E-state index contributed by atoms with van der Waals surface area (Å²) in [7, 11) is 1.54. The number of carbonyl (C=O) groups excluding carboxylic acids is 1. The number of hydrogen-bond donors (Lipinski definition) is 2. The lowest BCUT2D eigenvalue weighted by atomic mass is 9.86. The van der Waals surface area contributed by atoms with Gasteiger partial charge < -0.3 is 19.9 Å². The first-order chi connectivity index (χ1) is 11.0. The van der Waals surface area contributed by atoms with Crippen LogP contribution in [0.15, 0.2) is 24.3 Å². The molecule has 0 aromatic heterocycles. The summed E-state index contributed by atoms with van der Waals surface area (Å²) in [4.78, 5) is 23.9. The molecule has 1 heterocycles. The van der Waals surface area contributed by atoms with E-state index in [1.165, 1.54) is 0 Å². The van der Waals surface area contributed by atoms with Crippen LogP contribution in [0.3, 0.4) is 0 Å². The summed E-state index contributed by atoms with van der Waals surface area (Å²) >= 11 is 0. The summed E-state index contributed by atoms with van der Waals surface area (Å²) in [5, 5.41) is 12.1. The van der Waals surface area contributed by atoms with Crippen molar-refractivity contribution in [3.05, 3.63) is 29.8 Å². The van der Waals surface area contributed by atoms with Crippen molar-refractivity contribution in [2.45, 2.75) is 25.8 Å². The molecule has 0 bridgehead atoms. The Labute approximate surface area is 135 Å². The number of nitrogens with one attached hydrogen (secondary N) is 1. The van der Waals surface area contributed by atoms with Crippen LogP contribution < -0.4 is 10.1 Å². The lowest BCUT2D eigenvalue weighted by molar-refractivity contribution is -0.143. The molecule has 23 heavy (non-hydrogen) atoms. The molecule has 1 aromatic rings. The predicted molar refractivity (Wildman–Crippen MR) is 84.2 cm³/mol. The van der Waals surface area contributed by atoms with Crippen molar-refractivity contribution in [3.63, 3.8) is 0 Å². The van der Waals surface area contributed by atoms with Crippen molar-refractivity contribution >= 4 is 11.9 Å². The third-order valence-electron chi connectivity index (χ3n) is 4.37. The molecule has 2 unspecified atom stereocenters. The van der Waals surface area contributed by atoms with Gasteiger partial charge in [-0.1, -0.05) is 19.1 Å². The number of methoxy groups -OCH3 is 1. The largest absolute Gasteiger partial charge is 0.497 e. The minimum Gasteiger partial charge on any atom is -0.497 e. The summed E-state index contributed by atoms with van der Waals surface area (Å²) in [6.07, 6.45) is 1.66. The van der Waals surface area contributed by atoms with Crippen molar-refractivity contribution in [3.8, 4) is 5.75 Å². The fraction of sp³-hybridized carbons (Fsp3) is 0.529. The molecule has 1 aliphatic heterocycles. The van der Waals surface area contributed by atoms with Crippen LogP contribution in [-0.4, -0.2) is 37.3 Å². The van der Waals surface area contributed by atoms with E-state index < -0.39 is 12.0 Å². The number of rotatable bonds is 6. The summed E-state index contributed by atoms with van der Waals surface area (Å²) < 4.78 is 10.4. The van der Waals surface area contributed by atoms with E-state index in [0.717, 1.165) is 12.8 Å². The van der Waals surface area contributed by atoms with Crippen LogP contribution in [0, 0.1) is 11.8 Å². The highest BCUT2D eigenvalue weighted by Gasteiger charge is 2.29. The Bertz CT molecular complexity index is 536. The van der Waals surface area contributed by atoms with E-state index in [4.69, 9.17) is 9.47 Å². The second kappa shape index (κ2) is 7.97. The van der Waals surface area contributed by atoms with Crippen LogP contribution >= 0.6 is 0 Å². The lowest BCUT2D eigenvalue weighted by Gasteiger charge is -2.28. The van der Waals surface area contributed by atoms with Gasteiger partial charge in [0.1, 0.15) is 5.75 Å². The van der Waals surface area contributed by atoms with Crippen molar-refractivity contribution in [1.29, 1.82) is 0 Å². The van der Waals surface area contributed by atoms with Gasteiger partial charge >= 0.3 is 5.97 Å². The first-order valence-electron chi connectivity index (χ1n) is 7.77. The molecule has 0 aliphatic carbocycles. The van der Waals surface area contributed by atoms with Gasteiger partial charge in [0.2, 0.25) is 5.91 Å². The van der Waals surface area contributed by atoms with Gasteiger partial charge in [-0.25, -0.2) is 4.79 Å². The molecule has 6 heteroatoms. The van der Waals surface area contributed by atoms with Crippen LogP contribution in [0.1, 0.15) is 31.4 Å². The van der Waals surface area contributed by atoms with Gasteiger partial charge in [-0.05, 0) is 36.5 Å². The monoisotopic (exact) mass is 321 g/mol. The van der Waals surface area contributed by atoms with Crippen molar-refractivity contribution in [1.82, 2.24) is 5.32 Å². The first-order valence-corrected chi connectivity index (χ1v) is 7.77. The summed E-state index contributed by atoms with van der Waals surface area (Å²) in [6.45, 7) is 3.16. The smallest absolute Gasteiger partial charge is 0.330 e. The van der Waals surface area contributed by atoms with Crippen molar-refractivity contribution < 1.29 is 24.2 Å². The van der Waals surface area contributed by atoms with Crippen molar-refractivity contribution in [2.75, 3.05) is 20.3 Å². The van der Waals surface area contributed by atoms with Crippen LogP contribution in [0.2, 0.25) is 0 Å². The maximum Gasteiger partial charge on any atom is 0.330 e. The molecular formula is C17H23NO5. The number of benzene rings is 1. The normalized spacial score (nSPS) is 18.0. The Kier molecular flexibility index (Phi) is 5.98. The zero-order valence-corrected chi connectivity index (χ0v) is 13.5. The Balaban J connectivity index is 2.05. The molecule has 6 nitrogen and oxygen atoms in total. The van der Waals surface area contributed by atoms with Gasteiger partial charge in [-0.3, -0.25) is 4.79 Å². The summed E-state index contributed by atoms with van der Waals surface area (Å²) in [5.41, 5.74) is 0.519. The van der Waals surface area contributed by atoms with E-state index in [9.17, 15) is 14.7 Å². The van der Waals surface area contributed by atoms with Gasteiger partial charge in [0, 0.05) is 19.1 Å². The van der Waals surface area contributed by atoms with Crippen LogP contribution in [0.4, 0.5) is 0 Å². The Morgan fingerprint density at radius 2 is 1.87 bits per heavy atom. The average molecular weight is 321 g/mol. The third-order valence-corrected chi connectivity index (χ3v) is 4.37. The molecule has 0 spiro atoms. The van der Waals surface area contributed by atoms with Gasteiger partial charge in [0.25, 0.3) is 0 Å². The Hall–Kier alpha value is -2.08. The SMILES string of the molecule is COc1ccc(C(NC(=O)C(C)C2CCOCC2)C(=O)O)cc1. The molecule has 1 saturated heterocycles. The number of hydrogen-bond acceptors (Lipinski definition) is 4. The third kappa shape index (κ3) is 4.45. The van der Waals surface area contributed by atoms with Crippen LogP contribution in [0.25, 0.3) is 0 Å². The fourth-order valence-electron chi connectivity index (χ4n) is 2.79. The van der Waals surface area contributed by atoms with Gasteiger partial charge in [0.05, 0.1) is 7.11 Å². The molecule has 0 saturated carbocycles. The molecule has 1 aliphatic rings. The molecule has 1 aromatic carbocycles. The van der Waals surface area contributed by atoms with Gasteiger partial charge in [-0.2, -0.15) is 0 Å². The van der Waals surface area contributed by atoms with Crippen molar-refractivity contribution in [2.24, 2.45) is 11.8 Å². The number of aliphatic carboxylic acids is 1. The Morgan fingerprint density at radius 1 is 1.26 bits per heavy atom. The van der Waals surface area contributed by atoms with E-state index in [2.05, 4.69) is 5.32 Å². The maximum absolute atomic E-state index is 12.4.